The number of nitrogens with zero attached hydrogens (tertiary/aromatic N) is 1. The Morgan fingerprint density at radius 1 is 1.29 bits per heavy atom. The molecule has 1 amide bonds. The molecule has 1 fully saturated rings. The van der Waals surface area contributed by atoms with E-state index in [1.54, 1.807) is 6.07 Å². The molecule has 0 spiro atoms. The van der Waals surface area contributed by atoms with Gasteiger partial charge in [-0.05, 0) is 18.9 Å². The number of hydrogen-bond donors (Lipinski definition) is 1. The standard InChI is InChI=1S/C12H14Cl2N2O/c13-9-6-7-15-11(14)10(9)12(17)16-8-4-2-1-3-5-8/h6-8H,1-5H2,(H,16,17). The first-order valence-electron chi connectivity index (χ1n) is 5.79. The van der Waals surface area contributed by atoms with Crippen molar-refractivity contribution in [2.45, 2.75) is 38.1 Å². The number of rotatable bonds is 2. The third-order valence-corrected chi connectivity index (χ3v) is 3.62. The fourth-order valence-corrected chi connectivity index (χ4v) is 2.65. The van der Waals surface area contributed by atoms with Crippen molar-refractivity contribution in [3.8, 4) is 0 Å². The monoisotopic (exact) mass is 272 g/mol. The Hall–Kier alpha value is -0.800. The maximum absolute atomic E-state index is 12.0. The molecule has 1 aliphatic carbocycles. The summed E-state index contributed by atoms with van der Waals surface area (Å²) >= 11 is 11.8. The van der Waals surface area contributed by atoms with Crippen LogP contribution in [0.15, 0.2) is 12.3 Å². The van der Waals surface area contributed by atoms with Crippen LogP contribution in [0, 0.1) is 0 Å². The quantitative estimate of drug-likeness (QED) is 0.838. The van der Waals surface area contributed by atoms with Crippen molar-refractivity contribution in [3.05, 3.63) is 28.0 Å². The second-order valence-corrected chi connectivity index (χ2v) is 5.03. The molecule has 1 aromatic heterocycles. The van der Waals surface area contributed by atoms with Crippen LogP contribution in [0.1, 0.15) is 42.5 Å². The lowest BCUT2D eigenvalue weighted by Crippen LogP contribution is -2.36. The molecule has 1 aliphatic rings. The molecule has 1 aromatic rings. The summed E-state index contributed by atoms with van der Waals surface area (Å²) in [6, 6.07) is 1.81. The smallest absolute Gasteiger partial charge is 0.256 e. The summed E-state index contributed by atoms with van der Waals surface area (Å²) in [7, 11) is 0. The van der Waals surface area contributed by atoms with E-state index in [0.29, 0.717) is 5.02 Å². The number of nitrogens with one attached hydrogen (secondary N) is 1. The van der Waals surface area contributed by atoms with Gasteiger partial charge in [-0.15, -0.1) is 0 Å². The van der Waals surface area contributed by atoms with Crippen molar-refractivity contribution >= 4 is 29.1 Å². The largest absolute Gasteiger partial charge is 0.349 e. The van der Waals surface area contributed by atoms with Gasteiger partial charge in [-0.1, -0.05) is 42.5 Å². The van der Waals surface area contributed by atoms with Crippen molar-refractivity contribution in [2.75, 3.05) is 0 Å². The van der Waals surface area contributed by atoms with Crippen LogP contribution in [0.25, 0.3) is 0 Å². The van der Waals surface area contributed by atoms with E-state index in [1.165, 1.54) is 25.5 Å². The van der Waals surface area contributed by atoms with Gasteiger partial charge in [0.25, 0.3) is 5.91 Å². The minimum Gasteiger partial charge on any atom is -0.349 e. The number of halogens is 2. The third kappa shape index (κ3) is 3.11. The Morgan fingerprint density at radius 2 is 2.00 bits per heavy atom. The van der Waals surface area contributed by atoms with E-state index >= 15 is 0 Å². The Kier molecular flexibility index (Phi) is 4.24. The van der Waals surface area contributed by atoms with Crippen molar-refractivity contribution in [1.29, 1.82) is 0 Å². The van der Waals surface area contributed by atoms with Gasteiger partial charge >= 0.3 is 0 Å². The first-order valence-corrected chi connectivity index (χ1v) is 6.55. The van der Waals surface area contributed by atoms with Gasteiger partial charge in [-0.25, -0.2) is 4.98 Å². The van der Waals surface area contributed by atoms with Crippen LogP contribution in [-0.4, -0.2) is 16.9 Å². The highest BCUT2D eigenvalue weighted by Gasteiger charge is 2.20. The average molecular weight is 273 g/mol. The second kappa shape index (κ2) is 5.69. The molecule has 0 aliphatic heterocycles. The lowest BCUT2D eigenvalue weighted by Gasteiger charge is -2.23. The van der Waals surface area contributed by atoms with Crippen LogP contribution >= 0.6 is 23.2 Å². The van der Waals surface area contributed by atoms with Crippen LogP contribution in [0.5, 0.6) is 0 Å². The van der Waals surface area contributed by atoms with E-state index in [-0.39, 0.29) is 22.7 Å². The molecule has 5 heteroatoms. The second-order valence-electron chi connectivity index (χ2n) is 4.27. The molecule has 2 rings (SSSR count). The number of aromatic nitrogens is 1. The van der Waals surface area contributed by atoms with Gasteiger partial charge in [0, 0.05) is 12.2 Å². The normalized spacial score (nSPS) is 16.8. The van der Waals surface area contributed by atoms with Crippen LogP contribution in [-0.2, 0) is 0 Å². The molecule has 1 saturated carbocycles. The number of carbonyl (C=O) groups is 1. The van der Waals surface area contributed by atoms with E-state index in [2.05, 4.69) is 10.3 Å². The maximum atomic E-state index is 12.0. The minimum absolute atomic E-state index is 0.158. The Labute approximate surface area is 111 Å². The molecule has 0 atom stereocenters. The number of hydrogen-bond acceptors (Lipinski definition) is 2. The van der Waals surface area contributed by atoms with Crippen molar-refractivity contribution in [2.24, 2.45) is 0 Å². The van der Waals surface area contributed by atoms with Crippen LogP contribution < -0.4 is 5.32 Å². The summed E-state index contributed by atoms with van der Waals surface area (Å²) in [6.45, 7) is 0. The number of carbonyl (C=O) groups excluding carboxylic acids is 1. The van der Waals surface area contributed by atoms with E-state index < -0.39 is 0 Å². The van der Waals surface area contributed by atoms with Gasteiger partial charge in [0.2, 0.25) is 0 Å². The highest BCUT2D eigenvalue weighted by atomic mass is 35.5. The molecule has 1 heterocycles. The zero-order valence-electron chi connectivity index (χ0n) is 9.38. The molecule has 0 saturated heterocycles. The molecule has 0 unspecified atom stereocenters. The summed E-state index contributed by atoms with van der Waals surface area (Å²) < 4.78 is 0. The first-order chi connectivity index (χ1) is 8.18. The van der Waals surface area contributed by atoms with Crippen molar-refractivity contribution in [1.82, 2.24) is 10.3 Å². The summed E-state index contributed by atoms with van der Waals surface area (Å²) in [6.07, 6.45) is 7.13. The fourth-order valence-electron chi connectivity index (χ4n) is 2.12. The molecule has 0 aromatic carbocycles. The molecule has 0 bridgehead atoms. The van der Waals surface area contributed by atoms with Crippen molar-refractivity contribution in [3.63, 3.8) is 0 Å². The Bertz CT molecular complexity index is 397. The van der Waals surface area contributed by atoms with Gasteiger partial charge in [-0.3, -0.25) is 4.79 Å². The molecule has 1 N–H and O–H groups in total. The number of amides is 1. The lowest BCUT2D eigenvalue weighted by atomic mass is 9.95. The maximum Gasteiger partial charge on any atom is 0.256 e. The van der Waals surface area contributed by atoms with Gasteiger partial charge in [0.15, 0.2) is 0 Å². The van der Waals surface area contributed by atoms with Gasteiger partial charge in [-0.2, -0.15) is 0 Å². The predicted octanol–water partition coefficient (Wildman–Crippen LogP) is 3.45. The Morgan fingerprint density at radius 3 is 2.65 bits per heavy atom. The SMILES string of the molecule is O=C(NC1CCCCC1)c1c(Cl)ccnc1Cl. The average Bonchev–Trinajstić information content (AvgIpc) is 2.30. The van der Waals surface area contributed by atoms with E-state index in [9.17, 15) is 4.79 Å². The molecule has 92 valence electrons. The van der Waals surface area contributed by atoms with Crippen molar-refractivity contribution < 1.29 is 4.79 Å². The topological polar surface area (TPSA) is 42.0 Å². The lowest BCUT2D eigenvalue weighted by molar-refractivity contribution is 0.0927. The highest BCUT2D eigenvalue weighted by molar-refractivity contribution is 6.38. The predicted molar refractivity (Wildman–Crippen MR) is 68.6 cm³/mol. The van der Waals surface area contributed by atoms with E-state index in [1.807, 2.05) is 0 Å². The first kappa shape index (κ1) is 12.7. The molecule has 0 radical (unpaired) electrons. The third-order valence-electron chi connectivity index (χ3n) is 3.02. The molecular weight excluding hydrogens is 259 g/mol. The summed E-state index contributed by atoms with van der Waals surface area (Å²) in [5, 5.41) is 3.47. The van der Waals surface area contributed by atoms with Gasteiger partial charge in [0.1, 0.15) is 5.15 Å². The van der Waals surface area contributed by atoms with E-state index in [0.717, 1.165) is 12.8 Å². The molecule has 17 heavy (non-hydrogen) atoms. The summed E-state index contributed by atoms with van der Waals surface area (Å²) in [5.74, 6) is -0.222. The fraction of sp³-hybridized carbons (Fsp3) is 0.500. The Balaban J connectivity index is 2.08. The zero-order chi connectivity index (χ0) is 12.3. The van der Waals surface area contributed by atoms with Gasteiger partial charge < -0.3 is 5.32 Å². The minimum atomic E-state index is -0.222. The molecular formula is C12H14Cl2N2O. The molecule has 3 nitrogen and oxygen atoms in total. The summed E-state index contributed by atoms with van der Waals surface area (Å²) in [4.78, 5) is 15.9. The summed E-state index contributed by atoms with van der Waals surface area (Å²) in [5.41, 5.74) is 0.279. The van der Waals surface area contributed by atoms with Crippen LogP contribution in [0.3, 0.4) is 0 Å². The highest BCUT2D eigenvalue weighted by Crippen LogP contribution is 2.23. The van der Waals surface area contributed by atoms with Gasteiger partial charge in [0.05, 0.1) is 10.6 Å². The zero-order valence-corrected chi connectivity index (χ0v) is 10.9. The number of pyridine rings is 1. The van der Waals surface area contributed by atoms with E-state index in [4.69, 9.17) is 23.2 Å². The van der Waals surface area contributed by atoms with Crippen LogP contribution in [0.2, 0.25) is 10.2 Å². The van der Waals surface area contributed by atoms with Crippen LogP contribution in [0.4, 0.5) is 0 Å².